The molecule has 0 spiro atoms. The molecule has 1 saturated heterocycles. The Balaban J connectivity index is 2.13. The van der Waals surface area contributed by atoms with E-state index in [1.165, 1.54) is 37.1 Å². The summed E-state index contributed by atoms with van der Waals surface area (Å²) in [5.74, 6) is 2.06. The molecule has 1 unspecified atom stereocenters. The first-order valence-electron chi connectivity index (χ1n) is 8.23. The van der Waals surface area contributed by atoms with Crippen LogP contribution in [0.3, 0.4) is 0 Å². The van der Waals surface area contributed by atoms with Crippen molar-refractivity contribution in [1.29, 1.82) is 0 Å². The Labute approximate surface area is 137 Å². The maximum absolute atomic E-state index is 4.71. The van der Waals surface area contributed by atoms with Gasteiger partial charge in [-0.1, -0.05) is 27.2 Å². The zero-order valence-corrected chi connectivity index (χ0v) is 15.1. The first kappa shape index (κ1) is 16.8. The van der Waals surface area contributed by atoms with Gasteiger partial charge >= 0.3 is 0 Å². The van der Waals surface area contributed by atoms with Crippen LogP contribution in [0.2, 0.25) is 0 Å². The largest absolute Gasteiger partial charge is 0.356 e. The summed E-state index contributed by atoms with van der Waals surface area (Å²) in [4.78, 5) is 7.20. The van der Waals surface area contributed by atoms with Crippen LogP contribution < -0.4 is 10.2 Å². The molecule has 0 saturated carbocycles. The molecule has 0 aromatic carbocycles. The van der Waals surface area contributed by atoms with Gasteiger partial charge in [0.25, 0.3) is 0 Å². The molecule has 3 nitrogen and oxygen atoms in total. The zero-order valence-electron chi connectivity index (χ0n) is 13.5. The molecule has 0 bridgehead atoms. The van der Waals surface area contributed by atoms with Crippen molar-refractivity contribution in [1.82, 2.24) is 10.3 Å². The van der Waals surface area contributed by atoms with E-state index in [-0.39, 0.29) is 0 Å². The lowest BCUT2D eigenvalue weighted by Crippen LogP contribution is -2.29. The second-order valence-electron chi connectivity index (χ2n) is 6.36. The molecule has 1 fully saturated rings. The number of nitrogens with zero attached hydrogens (tertiary/aromatic N) is 2. The molecule has 0 aliphatic carbocycles. The van der Waals surface area contributed by atoms with Crippen molar-refractivity contribution in [3.8, 4) is 0 Å². The number of anilines is 1. The van der Waals surface area contributed by atoms with Crippen molar-refractivity contribution in [3.63, 3.8) is 0 Å². The summed E-state index contributed by atoms with van der Waals surface area (Å²) in [6, 6.07) is 2.70. The van der Waals surface area contributed by atoms with Gasteiger partial charge < -0.3 is 10.2 Å². The standard InChI is InChI=1S/C17H28BrN3/c1-4-14-6-5-8-21(9-7-14)17-15(11-19-13(2)3)10-16(18)12-20-17/h10,12-14,19H,4-9,11H2,1-3H3. The maximum Gasteiger partial charge on any atom is 0.133 e. The molecule has 1 aromatic heterocycles. The average Bonchev–Trinajstić information content (AvgIpc) is 2.70. The van der Waals surface area contributed by atoms with Crippen molar-refractivity contribution in [3.05, 3.63) is 22.3 Å². The quantitative estimate of drug-likeness (QED) is 0.852. The van der Waals surface area contributed by atoms with E-state index >= 15 is 0 Å². The number of aromatic nitrogens is 1. The molecule has 4 heteroatoms. The Kier molecular flexibility index (Phi) is 6.49. The van der Waals surface area contributed by atoms with Crippen LogP contribution in [0.4, 0.5) is 5.82 Å². The highest BCUT2D eigenvalue weighted by Gasteiger charge is 2.19. The number of nitrogens with one attached hydrogen (secondary N) is 1. The number of rotatable bonds is 5. The molecule has 0 radical (unpaired) electrons. The molecule has 0 amide bonds. The fraction of sp³-hybridized carbons (Fsp3) is 0.706. The van der Waals surface area contributed by atoms with Crippen LogP contribution in [0.15, 0.2) is 16.7 Å². The molecule has 1 N–H and O–H groups in total. The van der Waals surface area contributed by atoms with Crippen molar-refractivity contribution >= 4 is 21.7 Å². The molecule has 118 valence electrons. The number of hydrogen-bond acceptors (Lipinski definition) is 3. The summed E-state index contributed by atoms with van der Waals surface area (Å²) in [6.07, 6.45) is 7.18. The summed E-state index contributed by atoms with van der Waals surface area (Å²) in [7, 11) is 0. The highest BCUT2D eigenvalue weighted by atomic mass is 79.9. The van der Waals surface area contributed by atoms with Crippen LogP contribution >= 0.6 is 15.9 Å². The van der Waals surface area contributed by atoms with Crippen LogP contribution in [0, 0.1) is 5.92 Å². The van der Waals surface area contributed by atoms with E-state index in [0.29, 0.717) is 6.04 Å². The van der Waals surface area contributed by atoms with E-state index in [0.717, 1.165) is 30.0 Å². The van der Waals surface area contributed by atoms with Crippen LogP contribution in [0.5, 0.6) is 0 Å². The van der Waals surface area contributed by atoms with E-state index < -0.39 is 0 Å². The third-order valence-corrected chi connectivity index (χ3v) is 4.77. The third-order valence-electron chi connectivity index (χ3n) is 4.33. The molecule has 1 aliphatic rings. The van der Waals surface area contributed by atoms with Gasteiger partial charge in [0.1, 0.15) is 5.82 Å². The van der Waals surface area contributed by atoms with E-state index in [1.54, 1.807) is 0 Å². The average molecular weight is 354 g/mol. The highest BCUT2D eigenvalue weighted by molar-refractivity contribution is 9.10. The van der Waals surface area contributed by atoms with Gasteiger partial charge in [0, 0.05) is 41.9 Å². The molecule has 21 heavy (non-hydrogen) atoms. The van der Waals surface area contributed by atoms with Gasteiger partial charge in [0.15, 0.2) is 0 Å². The molecule has 1 aromatic rings. The Hall–Kier alpha value is -0.610. The monoisotopic (exact) mass is 353 g/mol. The summed E-state index contributed by atoms with van der Waals surface area (Å²) < 4.78 is 1.06. The van der Waals surface area contributed by atoms with Gasteiger partial charge in [-0.2, -0.15) is 0 Å². The van der Waals surface area contributed by atoms with Crippen molar-refractivity contribution in [2.24, 2.45) is 5.92 Å². The lowest BCUT2D eigenvalue weighted by Gasteiger charge is -2.25. The second-order valence-corrected chi connectivity index (χ2v) is 7.28. The highest BCUT2D eigenvalue weighted by Crippen LogP contribution is 2.27. The van der Waals surface area contributed by atoms with Gasteiger partial charge in [-0.15, -0.1) is 0 Å². The van der Waals surface area contributed by atoms with Gasteiger partial charge in [-0.05, 0) is 47.2 Å². The SMILES string of the molecule is CCC1CCCN(c2ncc(Br)cc2CNC(C)C)CC1. The fourth-order valence-corrected chi connectivity index (χ4v) is 3.37. The van der Waals surface area contributed by atoms with Gasteiger partial charge in [-0.3, -0.25) is 0 Å². The Morgan fingerprint density at radius 3 is 2.90 bits per heavy atom. The van der Waals surface area contributed by atoms with Gasteiger partial charge in [-0.25, -0.2) is 4.98 Å². The first-order valence-corrected chi connectivity index (χ1v) is 9.02. The van der Waals surface area contributed by atoms with E-state index in [1.807, 2.05) is 6.20 Å². The minimum Gasteiger partial charge on any atom is -0.356 e. The van der Waals surface area contributed by atoms with Gasteiger partial charge in [0.2, 0.25) is 0 Å². The van der Waals surface area contributed by atoms with Crippen molar-refractivity contribution < 1.29 is 0 Å². The van der Waals surface area contributed by atoms with Crippen molar-refractivity contribution in [2.45, 2.75) is 59.0 Å². The molecule has 1 aliphatic heterocycles. The first-order chi connectivity index (χ1) is 10.1. The van der Waals surface area contributed by atoms with E-state index in [4.69, 9.17) is 4.98 Å². The summed E-state index contributed by atoms with van der Waals surface area (Å²) >= 11 is 3.55. The number of pyridine rings is 1. The summed E-state index contributed by atoms with van der Waals surface area (Å²) in [5.41, 5.74) is 1.30. The van der Waals surface area contributed by atoms with E-state index in [2.05, 4.69) is 53.0 Å². The van der Waals surface area contributed by atoms with Crippen LogP contribution in [-0.4, -0.2) is 24.1 Å². The molecule has 1 atom stereocenters. The fourth-order valence-electron chi connectivity index (χ4n) is 2.99. The lowest BCUT2D eigenvalue weighted by molar-refractivity contribution is 0.459. The van der Waals surface area contributed by atoms with Crippen LogP contribution in [-0.2, 0) is 6.54 Å². The molecular formula is C17H28BrN3. The van der Waals surface area contributed by atoms with Crippen LogP contribution in [0.25, 0.3) is 0 Å². The minimum atomic E-state index is 0.491. The predicted molar refractivity (Wildman–Crippen MR) is 93.8 cm³/mol. The second kappa shape index (κ2) is 8.14. The normalized spacial score (nSPS) is 19.9. The Morgan fingerprint density at radius 2 is 2.19 bits per heavy atom. The third kappa shape index (κ3) is 4.96. The predicted octanol–water partition coefficient (Wildman–Crippen LogP) is 4.36. The van der Waals surface area contributed by atoms with E-state index in [9.17, 15) is 0 Å². The summed E-state index contributed by atoms with van der Waals surface area (Å²) in [5, 5.41) is 3.52. The molecule has 2 rings (SSSR count). The Bertz CT molecular complexity index is 448. The number of hydrogen-bond donors (Lipinski definition) is 1. The Morgan fingerprint density at radius 1 is 1.38 bits per heavy atom. The lowest BCUT2D eigenvalue weighted by atomic mass is 9.98. The molecule has 2 heterocycles. The smallest absolute Gasteiger partial charge is 0.133 e. The zero-order chi connectivity index (χ0) is 15.2. The summed E-state index contributed by atoms with van der Waals surface area (Å²) in [6.45, 7) is 9.84. The van der Waals surface area contributed by atoms with Gasteiger partial charge in [0.05, 0.1) is 0 Å². The number of halogens is 1. The minimum absolute atomic E-state index is 0.491. The topological polar surface area (TPSA) is 28.2 Å². The van der Waals surface area contributed by atoms with Crippen LogP contribution in [0.1, 0.15) is 52.0 Å². The van der Waals surface area contributed by atoms with Crippen molar-refractivity contribution in [2.75, 3.05) is 18.0 Å². The molecular weight excluding hydrogens is 326 g/mol. The maximum atomic E-state index is 4.71.